The van der Waals surface area contributed by atoms with Crippen LogP contribution in [0.5, 0.6) is 46.0 Å². The molecule has 5 N–H and O–H groups in total. The van der Waals surface area contributed by atoms with Crippen LogP contribution >= 0.6 is 0 Å². The van der Waals surface area contributed by atoms with Gasteiger partial charge in [0.25, 0.3) is 0 Å². The fourth-order valence-electron chi connectivity index (χ4n) is 7.32. The van der Waals surface area contributed by atoms with E-state index in [1.165, 1.54) is 24.3 Å². The number of hydrogen-bond donors (Lipinski definition) is 5. The first-order chi connectivity index (χ1) is 29.8. The molecule has 0 radical (unpaired) electrons. The minimum Gasteiger partial charge on any atom is -0.508 e. The highest BCUT2D eigenvalue weighted by atomic mass is 16.5. The summed E-state index contributed by atoms with van der Waals surface area (Å²) in [6.45, 7) is 1.32. The lowest BCUT2D eigenvalue weighted by Gasteiger charge is -2.32. The zero-order chi connectivity index (χ0) is 42.1. The number of hydrogen-bond acceptors (Lipinski definition) is 10. The van der Waals surface area contributed by atoms with Crippen LogP contribution in [0.2, 0.25) is 0 Å². The highest BCUT2D eigenvalue weighted by Crippen LogP contribution is 2.44. The van der Waals surface area contributed by atoms with Crippen molar-refractivity contribution in [2.45, 2.75) is 57.1 Å². The molecular weight excluding hydrogens is 773 g/mol. The molecule has 10 heteroatoms. The molecule has 2 heterocycles. The normalized spacial score (nSPS) is 17.5. The largest absolute Gasteiger partial charge is 0.508 e. The molecule has 2 aliphatic heterocycles. The van der Waals surface area contributed by atoms with Crippen molar-refractivity contribution in [2.24, 2.45) is 0 Å². The second kappa shape index (κ2) is 18.8. The Hall–Kier alpha value is -7.14. The fraction of sp³-hybridized carbons (Fsp3) is 0.176. The van der Waals surface area contributed by atoms with Crippen LogP contribution in [0.1, 0.15) is 51.2 Å². The number of benzene rings is 7. The van der Waals surface area contributed by atoms with E-state index in [1.54, 1.807) is 12.1 Å². The standard InChI is InChI=1S/C36H32O5.C15H14O5/c37-33-22-32-34(40-25-28-14-8-3-9-15-28)20-31(39-24-27-12-6-2-7-13-27)21-35(32)41-36(33)29-16-18-30(19-17-29)38-23-26-10-4-1-5-11-26;16-9-3-1-8(2-4-9)15-13(19)7-11-12(18)5-10(17)6-14(11)20-15/h1-21,33,36-37H,22-25H2;1-6,13,15-19H,7H2/t33-,36+;13-,15+/m11/s1. The van der Waals surface area contributed by atoms with Gasteiger partial charge >= 0.3 is 0 Å². The monoisotopic (exact) mass is 818 g/mol. The van der Waals surface area contributed by atoms with Gasteiger partial charge in [-0.25, -0.2) is 0 Å². The molecule has 2 aliphatic rings. The molecule has 10 nitrogen and oxygen atoms in total. The highest BCUT2D eigenvalue weighted by molar-refractivity contribution is 5.53. The number of ether oxygens (including phenoxy) is 5. The van der Waals surface area contributed by atoms with Gasteiger partial charge in [-0.15, -0.1) is 0 Å². The van der Waals surface area contributed by atoms with Gasteiger partial charge < -0.3 is 49.2 Å². The lowest BCUT2D eigenvalue weighted by Crippen LogP contribution is -2.30. The molecule has 0 saturated heterocycles. The summed E-state index contributed by atoms with van der Waals surface area (Å²) in [6, 6.07) is 50.6. The molecule has 7 aromatic carbocycles. The van der Waals surface area contributed by atoms with E-state index in [9.17, 15) is 25.5 Å². The third-order valence-corrected chi connectivity index (χ3v) is 10.5. The molecular formula is C51H46O10. The maximum Gasteiger partial charge on any atom is 0.150 e. The quantitative estimate of drug-likeness (QED) is 0.0856. The summed E-state index contributed by atoms with van der Waals surface area (Å²) in [7, 11) is 0. The third-order valence-electron chi connectivity index (χ3n) is 10.5. The summed E-state index contributed by atoms with van der Waals surface area (Å²) < 4.78 is 30.5. The molecule has 0 aromatic heterocycles. The predicted octanol–water partition coefficient (Wildman–Crippen LogP) is 9.30. The van der Waals surface area contributed by atoms with Crippen molar-refractivity contribution in [3.8, 4) is 46.0 Å². The summed E-state index contributed by atoms with van der Waals surface area (Å²) >= 11 is 0. The average molecular weight is 819 g/mol. The summed E-state index contributed by atoms with van der Waals surface area (Å²) in [5, 5.41) is 49.9. The minimum absolute atomic E-state index is 0.0943. The zero-order valence-electron chi connectivity index (χ0n) is 33.2. The smallest absolute Gasteiger partial charge is 0.150 e. The van der Waals surface area contributed by atoms with Crippen LogP contribution in [0.25, 0.3) is 0 Å². The van der Waals surface area contributed by atoms with E-state index in [4.69, 9.17) is 23.7 Å². The van der Waals surface area contributed by atoms with Crippen LogP contribution in [0.4, 0.5) is 0 Å². The molecule has 0 saturated carbocycles. The van der Waals surface area contributed by atoms with Crippen LogP contribution in [-0.4, -0.2) is 37.7 Å². The molecule has 310 valence electrons. The Morgan fingerprint density at radius 2 is 0.902 bits per heavy atom. The number of rotatable bonds is 11. The van der Waals surface area contributed by atoms with Crippen molar-refractivity contribution in [1.29, 1.82) is 0 Å². The Bertz CT molecular complexity index is 2500. The molecule has 4 atom stereocenters. The predicted molar refractivity (Wildman–Crippen MR) is 229 cm³/mol. The first-order valence-electron chi connectivity index (χ1n) is 20.1. The van der Waals surface area contributed by atoms with Crippen LogP contribution < -0.4 is 23.7 Å². The number of fused-ring (bicyclic) bond motifs is 2. The van der Waals surface area contributed by atoms with E-state index in [0.717, 1.165) is 33.6 Å². The molecule has 61 heavy (non-hydrogen) atoms. The third kappa shape index (κ3) is 10.2. The van der Waals surface area contributed by atoms with E-state index in [0.29, 0.717) is 60.4 Å². The first kappa shape index (κ1) is 40.6. The Kier molecular flexibility index (Phi) is 12.6. The first-order valence-corrected chi connectivity index (χ1v) is 20.1. The van der Waals surface area contributed by atoms with Gasteiger partial charge in [-0.2, -0.15) is 0 Å². The van der Waals surface area contributed by atoms with Gasteiger partial charge in [-0.1, -0.05) is 115 Å². The minimum atomic E-state index is -0.817. The van der Waals surface area contributed by atoms with E-state index in [2.05, 4.69) is 0 Å². The zero-order valence-corrected chi connectivity index (χ0v) is 33.2. The molecule has 0 unspecified atom stereocenters. The van der Waals surface area contributed by atoms with Crippen LogP contribution in [-0.2, 0) is 32.7 Å². The van der Waals surface area contributed by atoms with Crippen molar-refractivity contribution < 1.29 is 49.2 Å². The highest BCUT2D eigenvalue weighted by Gasteiger charge is 2.34. The molecule has 0 spiro atoms. The van der Waals surface area contributed by atoms with Crippen LogP contribution in [0.3, 0.4) is 0 Å². The lowest BCUT2D eigenvalue weighted by molar-refractivity contribution is 0.0194. The summed E-state index contributed by atoms with van der Waals surface area (Å²) in [5.74, 6) is 3.01. The number of aliphatic hydroxyl groups excluding tert-OH is 2. The molecule has 9 rings (SSSR count). The second-order valence-electron chi connectivity index (χ2n) is 14.9. The van der Waals surface area contributed by atoms with Crippen LogP contribution in [0.15, 0.2) is 164 Å². The van der Waals surface area contributed by atoms with E-state index < -0.39 is 24.4 Å². The molecule has 7 aromatic rings. The number of aromatic hydroxyl groups is 3. The van der Waals surface area contributed by atoms with Gasteiger partial charge in [-0.3, -0.25) is 0 Å². The fourth-order valence-corrected chi connectivity index (χ4v) is 7.32. The van der Waals surface area contributed by atoms with Gasteiger partial charge in [0.15, 0.2) is 0 Å². The maximum absolute atomic E-state index is 11.2. The molecule has 0 bridgehead atoms. The van der Waals surface area contributed by atoms with E-state index >= 15 is 0 Å². The van der Waals surface area contributed by atoms with E-state index in [-0.39, 0.29) is 23.7 Å². The van der Waals surface area contributed by atoms with Crippen molar-refractivity contribution >= 4 is 0 Å². The molecule has 0 aliphatic carbocycles. The second-order valence-corrected chi connectivity index (χ2v) is 14.9. The Labute approximate surface area is 354 Å². The maximum atomic E-state index is 11.2. The Balaban J connectivity index is 0.000000214. The average Bonchev–Trinajstić information content (AvgIpc) is 3.28. The summed E-state index contributed by atoms with van der Waals surface area (Å²) in [5.41, 5.74) is 6.13. The van der Waals surface area contributed by atoms with Gasteiger partial charge in [0, 0.05) is 48.2 Å². The number of phenolic OH excluding ortho intramolecular Hbond substituents is 3. The van der Waals surface area contributed by atoms with Crippen molar-refractivity contribution in [3.05, 3.63) is 203 Å². The van der Waals surface area contributed by atoms with Crippen molar-refractivity contribution in [1.82, 2.24) is 0 Å². The van der Waals surface area contributed by atoms with Crippen molar-refractivity contribution in [3.63, 3.8) is 0 Å². The van der Waals surface area contributed by atoms with Gasteiger partial charge in [-0.05, 0) is 52.1 Å². The topological polar surface area (TPSA) is 147 Å². The lowest BCUT2D eigenvalue weighted by atomic mass is 9.94. The van der Waals surface area contributed by atoms with E-state index in [1.807, 2.05) is 127 Å². The van der Waals surface area contributed by atoms with Gasteiger partial charge in [0.05, 0.1) is 12.2 Å². The van der Waals surface area contributed by atoms with Gasteiger partial charge in [0.2, 0.25) is 0 Å². The SMILES string of the molecule is O[C@@H]1Cc2c(OCc3ccccc3)cc(OCc3ccccc3)cc2O[C@H]1c1ccc(OCc2ccccc2)cc1.Oc1ccc([C@@H]2Oc3cc(O)cc(O)c3C[C@H]2O)cc1. The summed E-state index contributed by atoms with van der Waals surface area (Å²) in [4.78, 5) is 0. The summed E-state index contributed by atoms with van der Waals surface area (Å²) in [6.07, 6.45) is -2.07. The molecule has 0 fully saturated rings. The number of aliphatic hydroxyl groups is 2. The van der Waals surface area contributed by atoms with Crippen molar-refractivity contribution in [2.75, 3.05) is 0 Å². The number of phenols is 3. The molecule has 0 amide bonds. The Morgan fingerprint density at radius 3 is 1.44 bits per heavy atom. The van der Waals surface area contributed by atoms with Gasteiger partial charge in [0.1, 0.15) is 78.0 Å². The van der Waals surface area contributed by atoms with Crippen LogP contribution in [0, 0.1) is 0 Å². The Morgan fingerprint density at radius 1 is 0.443 bits per heavy atom.